The molecule has 2 heterocycles. The smallest absolute Gasteiger partial charge is 0.251 e. The fourth-order valence-corrected chi connectivity index (χ4v) is 5.20. The van der Waals surface area contributed by atoms with Gasteiger partial charge in [-0.2, -0.15) is 0 Å². The second-order valence-corrected chi connectivity index (χ2v) is 8.74. The Morgan fingerprint density at radius 1 is 1.29 bits per heavy atom. The van der Waals surface area contributed by atoms with Crippen LogP contribution in [0.25, 0.3) is 0 Å². The van der Waals surface area contributed by atoms with Gasteiger partial charge >= 0.3 is 0 Å². The molecule has 24 heavy (non-hydrogen) atoms. The minimum atomic E-state index is -3.35. The number of carbonyl (C=O) groups excluding carboxylic acids is 1. The first-order valence-electron chi connectivity index (χ1n) is 8.31. The summed E-state index contributed by atoms with van der Waals surface area (Å²) in [6.45, 7) is 2.58. The molecule has 1 spiro atoms. The van der Waals surface area contributed by atoms with E-state index in [4.69, 9.17) is 4.74 Å². The van der Waals surface area contributed by atoms with Crippen molar-refractivity contribution in [3.05, 3.63) is 35.4 Å². The van der Waals surface area contributed by atoms with Crippen molar-refractivity contribution in [1.82, 2.24) is 9.62 Å². The second-order valence-electron chi connectivity index (χ2n) is 6.77. The predicted octanol–water partition coefficient (Wildman–Crippen LogP) is 1.38. The van der Waals surface area contributed by atoms with Gasteiger partial charge in [0.25, 0.3) is 5.91 Å². The summed E-state index contributed by atoms with van der Waals surface area (Å²) in [5.41, 5.74) is 1.23. The summed E-state index contributed by atoms with van der Waals surface area (Å²) in [5, 5.41) is 2.55. The Hall–Kier alpha value is -1.44. The summed E-state index contributed by atoms with van der Waals surface area (Å²) < 4.78 is 32.6. The molecule has 1 amide bonds. The quantitative estimate of drug-likeness (QED) is 0.888. The number of hydrogen-bond acceptors (Lipinski definition) is 4. The molecule has 3 rings (SSSR count). The van der Waals surface area contributed by atoms with Gasteiger partial charge < -0.3 is 10.1 Å². The highest BCUT2D eigenvalue weighted by molar-refractivity contribution is 7.88. The SMILES string of the molecule is CNC(=O)c1ccc(CS(=O)(=O)N2CCC3(CCCOC3)C2)cc1. The molecular formula is C17H24N2O4S. The van der Waals surface area contributed by atoms with E-state index in [-0.39, 0.29) is 17.1 Å². The van der Waals surface area contributed by atoms with Gasteiger partial charge in [0.05, 0.1) is 12.4 Å². The monoisotopic (exact) mass is 352 g/mol. The highest BCUT2D eigenvalue weighted by Crippen LogP contribution is 2.39. The van der Waals surface area contributed by atoms with Gasteiger partial charge in [-0.1, -0.05) is 12.1 Å². The van der Waals surface area contributed by atoms with E-state index in [0.29, 0.717) is 30.8 Å². The average molecular weight is 352 g/mol. The molecule has 0 aromatic heterocycles. The molecule has 1 N–H and O–H groups in total. The highest BCUT2D eigenvalue weighted by Gasteiger charge is 2.43. The predicted molar refractivity (Wildman–Crippen MR) is 91.1 cm³/mol. The number of carbonyl (C=O) groups is 1. The molecule has 0 bridgehead atoms. The number of nitrogens with one attached hydrogen (secondary N) is 1. The Kier molecular flexibility index (Phi) is 4.94. The average Bonchev–Trinajstić information content (AvgIpc) is 2.99. The number of rotatable bonds is 4. The summed E-state index contributed by atoms with van der Waals surface area (Å²) in [4.78, 5) is 11.5. The molecule has 1 aromatic rings. The van der Waals surface area contributed by atoms with Crippen molar-refractivity contribution < 1.29 is 17.9 Å². The van der Waals surface area contributed by atoms with E-state index in [0.717, 1.165) is 25.9 Å². The van der Waals surface area contributed by atoms with Crippen LogP contribution in [-0.2, 0) is 20.5 Å². The molecule has 1 unspecified atom stereocenters. The summed E-state index contributed by atoms with van der Waals surface area (Å²) in [6, 6.07) is 6.73. The highest BCUT2D eigenvalue weighted by atomic mass is 32.2. The van der Waals surface area contributed by atoms with Crippen molar-refractivity contribution in [2.24, 2.45) is 5.41 Å². The Balaban J connectivity index is 1.67. The lowest BCUT2D eigenvalue weighted by Gasteiger charge is -2.32. The maximum Gasteiger partial charge on any atom is 0.251 e. The second kappa shape index (κ2) is 6.82. The van der Waals surface area contributed by atoms with E-state index < -0.39 is 10.0 Å². The molecule has 2 saturated heterocycles. The van der Waals surface area contributed by atoms with Crippen molar-refractivity contribution in [1.29, 1.82) is 0 Å². The van der Waals surface area contributed by atoms with Gasteiger partial charge in [-0.05, 0) is 37.0 Å². The molecule has 0 saturated carbocycles. The minimum Gasteiger partial charge on any atom is -0.381 e. The zero-order valence-electron chi connectivity index (χ0n) is 14.0. The number of hydrogen-bond donors (Lipinski definition) is 1. The van der Waals surface area contributed by atoms with Crippen LogP contribution in [0.2, 0.25) is 0 Å². The third kappa shape index (κ3) is 3.63. The summed E-state index contributed by atoms with van der Waals surface area (Å²) >= 11 is 0. The summed E-state index contributed by atoms with van der Waals surface area (Å²) in [6.07, 6.45) is 2.93. The first-order chi connectivity index (χ1) is 11.4. The van der Waals surface area contributed by atoms with Gasteiger partial charge in [-0.15, -0.1) is 0 Å². The maximum atomic E-state index is 12.7. The minimum absolute atomic E-state index is 0.00833. The topological polar surface area (TPSA) is 75.7 Å². The maximum absolute atomic E-state index is 12.7. The van der Waals surface area contributed by atoms with Crippen molar-refractivity contribution in [2.45, 2.75) is 25.0 Å². The zero-order chi connectivity index (χ0) is 17.2. The van der Waals surface area contributed by atoms with Gasteiger partial charge in [0.15, 0.2) is 0 Å². The molecule has 132 valence electrons. The van der Waals surface area contributed by atoms with Crippen LogP contribution in [-0.4, -0.2) is 52.0 Å². The van der Waals surface area contributed by atoms with Crippen molar-refractivity contribution in [2.75, 3.05) is 33.4 Å². The van der Waals surface area contributed by atoms with Crippen molar-refractivity contribution >= 4 is 15.9 Å². The number of amides is 1. The number of ether oxygens (including phenoxy) is 1. The normalized spacial score (nSPS) is 25.0. The molecule has 2 aliphatic rings. The van der Waals surface area contributed by atoms with E-state index in [1.54, 1.807) is 35.6 Å². The van der Waals surface area contributed by atoms with Crippen LogP contribution in [0.4, 0.5) is 0 Å². The Labute approximate surface area is 143 Å². The molecule has 6 nitrogen and oxygen atoms in total. The Morgan fingerprint density at radius 3 is 2.67 bits per heavy atom. The molecule has 7 heteroatoms. The lowest BCUT2D eigenvalue weighted by molar-refractivity contribution is 0.000895. The van der Waals surface area contributed by atoms with Crippen LogP contribution < -0.4 is 5.32 Å². The first kappa shape index (κ1) is 17.4. The van der Waals surface area contributed by atoms with E-state index in [9.17, 15) is 13.2 Å². The Morgan fingerprint density at radius 2 is 2.04 bits per heavy atom. The summed E-state index contributed by atoms with van der Waals surface area (Å²) in [5.74, 6) is -0.207. The fraction of sp³-hybridized carbons (Fsp3) is 0.588. The molecule has 1 atom stereocenters. The van der Waals surface area contributed by atoms with Crippen LogP contribution >= 0.6 is 0 Å². The fourth-order valence-electron chi connectivity index (χ4n) is 3.56. The third-order valence-electron chi connectivity index (χ3n) is 4.99. The van der Waals surface area contributed by atoms with Gasteiger partial charge in [0.1, 0.15) is 0 Å². The zero-order valence-corrected chi connectivity index (χ0v) is 14.8. The molecule has 0 aliphatic carbocycles. The van der Waals surface area contributed by atoms with Crippen LogP contribution in [0.3, 0.4) is 0 Å². The van der Waals surface area contributed by atoms with E-state index in [2.05, 4.69) is 5.32 Å². The number of benzene rings is 1. The van der Waals surface area contributed by atoms with E-state index >= 15 is 0 Å². The van der Waals surface area contributed by atoms with Crippen LogP contribution in [0, 0.1) is 5.41 Å². The number of sulfonamides is 1. The van der Waals surface area contributed by atoms with E-state index in [1.807, 2.05) is 0 Å². The molecule has 1 aromatic carbocycles. The largest absolute Gasteiger partial charge is 0.381 e. The third-order valence-corrected chi connectivity index (χ3v) is 6.79. The lowest BCUT2D eigenvalue weighted by atomic mass is 9.82. The van der Waals surface area contributed by atoms with Crippen molar-refractivity contribution in [3.63, 3.8) is 0 Å². The van der Waals surface area contributed by atoms with E-state index in [1.165, 1.54) is 0 Å². The van der Waals surface area contributed by atoms with Gasteiger partial charge in [0, 0.05) is 37.7 Å². The van der Waals surface area contributed by atoms with Crippen molar-refractivity contribution in [3.8, 4) is 0 Å². The van der Waals surface area contributed by atoms with Gasteiger partial charge in [0.2, 0.25) is 10.0 Å². The Bertz CT molecular complexity index is 694. The summed E-state index contributed by atoms with van der Waals surface area (Å²) in [7, 11) is -1.78. The van der Waals surface area contributed by atoms with Crippen LogP contribution in [0.1, 0.15) is 35.2 Å². The molecule has 2 aliphatic heterocycles. The van der Waals surface area contributed by atoms with Crippen LogP contribution in [0.5, 0.6) is 0 Å². The standard InChI is InChI=1S/C17H24N2O4S/c1-18-16(20)15-5-3-14(4-6-15)11-24(21,22)19-9-8-17(12-19)7-2-10-23-13-17/h3-6H,2,7-13H2,1H3,(H,18,20). The lowest BCUT2D eigenvalue weighted by Crippen LogP contribution is -2.37. The van der Waals surface area contributed by atoms with Crippen LogP contribution in [0.15, 0.2) is 24.3 Å². The first-order valence-corrected chi connectivity index (χ1v) is 9.92. The molecular weight excluding hydrogens is 328 g/mol. The number of nitrogens with zero attached hydrogens (tertiary/aromatic N) is 1. The van der Waals surface area contributed by atoms with Gasteiger partial charge in [-0.3, -0.25) is 4.79 Å². The molecule has 0 radical (unpaired) electrons. The van der Waals surface area contributed by atoms with Gasteiger partial charge in [-0.25, -0.2) is 12.7 Å². The molecule has 2 fully saturated rings.